The molecule has 1 aromatic carbocycles. The number of rotatable bonds is 6. The van der Waals surface area contributed by atoms with Crippen LogP contribution in [-0.2, 0) is 0 Å². The number of carbonyl (C=O) groups is 2. The second kappa shape index (κ2) is 8.77. The Labute approximate surface area is 199 Å². The summed E-state index contributed by atoms with van der Waals surface area (Å²) in [6, 6.07) is 6.39. The van der Waals surface area contributed by atoms with Crippen LogP contribution in [0, 0.1) is 0 Å². The molecule has 0 atom stereocenters. The van der Waals surface area contributed by atoms with Gasteiger partial charge >= 0.3 is 0 Å². The van der Waals surface area contributed by atoms with E-state index in [-0.39, 0.29) is 33.8 Å². The number of aliphatic hydroxyl groups is 2. The molecule has 0 amide bonds. The summed E-state index contributed by atoms with van der Waals surface area (Å²) in [7, 11) is 0. The standard InChI is InChI=1S/C22H16N2O6S3/c1-9(7-25)19(27)13-5-3-11(31-13)15-17-18(24-33-23-17)16(22(30)21(15)29)12-4-6-14(32-12)20(28)10(2)8-26/h3-8,25-26,29-30H,1-2H3/b9-7-,10-8?. The molecule has 0 spiro atoms. The topological polar surface area (TPSA) is 141 Å². The quantitative estimate of drug-likeness (QED) is 0.112. The molecule has 33 heavy (non-hydrogen) atoms. The van der Waals surface area contributed by atoms with Gasteiger partial charge in [-0.25, -0.2) is 0 Å². The van der Waals surface area contributed by atoms with Gasteiger partial charge in [0.2, 0.25) is 11.6 Å². The fraction of sp³-hybridized carbons (Fsp3) is 0.0909. The molecule has 3 aromatic heterocycles. The fourth-order valence-corrected chi connectivity index (χ4v) is 5.81. The van der Waals surface area contributed by atoms with Crippen molar-refractivity contribution in [3.05, 3.63) is 57.7 Å². The minimum atomic E-state index is -0.423. The van der Waals surface area contributed by atoms with Gasteiger partial charge in [0.15, 0.2) is 11.5 Å². The summed E-state index contributed by atoms with van der Waals surface area (Å²) >= 11 is 3.07. The summed E-state index contributed by atoms with van der Waals surface area (Å²) in [6.45, 7) is 2.97. The minimum Gasteiger partial charge on any atom is -0.515 e. The Morgan fingerprint density at radius 1 is 0.758 bits per heavy atom. The molecule has 8 nitrogen and oxygen atoms in total. The van der Waals surface area contributed by atoms with Gasteiger partial charge < -0.3 is 20.4 Å². The number of phenols is 2. The van der Waals surface area contributed by atoms with E-state index >= 15 is 0 Å². The third kappa shape index (κ3) is 3.80. The number of nitrogens with zero attached hydrogens (tertiary/aromatic N) is 2. The number of aromatic nitrogens is 2. The molecule has 3 heterocycles. The molecule has 0 aliphatic heterocycles. The predicted molar refractivity (Wildman–Crippen MR) is 129 cm³/mol. The fourth-order valence-electron chi connectivity index (χ4n) is 3.14. The Hall–Kier alpha value is -3.54. The molecule has 0 radical (unpaired) electrons. The van der Waals surface area contributed by atoms with E-state index in [0.717, 1.165) is 46.9 Å². The molecule has 4 rings (SSSR count). The van der Waals surface area contributed by atoms with E-state index in [9.17, 15) is 19.8 Å². The third-order valence-corrected chi connectivity index (χ3v) is 7.65. The summed E-state index contributed by atoms with van der Waals surface area (Å²) in [5, 5.41) is 40.0. The van der Waals surface area contributed by atoms with Crippen LogP contribution < -0.4 is 0 Å². The molecule has 0 saturated heterocycles. The van der Waals surface area contributed by atoms with Crippen molar-refractivity contribution < 1.29 is 30.0 Å². The van der Waals surface area contributed by atoms with Gasteiger partial charge in [0.05, 0.1) is 45.1 Å². The van der Waals surface area contributed by atoms with Crippen molar-refractivity contribution in [1.82, 2.24) is 8.75 Å². The highest BCUT2D eigenvalue weighted by atomic mass is 32.1. The van der Waals surface area contributed by atoms with Crippen molar-refractivity contribution in [2.75, 3.05) is 0 Å². The van der Waals surface area contributed by atoms with Crippen molar-refractivity contribution >= 4 is 57.0 Å². The maximum atomic E-state index is 12.4. The lowest BCUT2D eigenvalue weighted by Crippen LogP contribution is -1.96. The van der Waals surface area contributed by atoms with Crippen LogP contribution in [0.3, 0.4) is 0 Å². The Bertz CT molecular complexity index is 1370. The molecule has 0 unspecified atom stereocenters. The highest BCUT2D eigenvalue weighted by Crippen LogP contribution is 2.51. The molecule has 0 aliphatic rings. The Kier molecular flexibility index (Phi) is 6.02. The summed E-state index contributed by atoms with van der Waals surface area (Å²) in [4.78, 5) is 26.4. The third-order valence-electron chi connectivity index (χ3n) is 4.92. The van der Waals surface area contributed by atoms with Gasteiger partial charge in [-0.15, -0.1) is 22.7 Å². The van der Waals surface area contributed by atoms with E-state index in [0.29, 0.717) is 30.5 Å². The first-order valence-corrected chi connectivity index (χ1v) is 11.8. The van der Waals surface area contributed by atoms with E-state index in [1.807, 2.05) is 0 Å². The number of phenolic OH excluding ortho intramolecular Hbond substituents is 2. The molecule has 0 bridgehead atoms. The SMILES string of the molecule is CC(=CO)C(=O)c1ccc(-c2c(O)c(O)c(-c3ccc(C(=O)/C(C)=C\O)s3)c3nsnc23)s1. The van der Waals surface area contributed by atoms with Crippen molar-refractivity contribution in [2.45, 2.75) is 13.8 Å². The summed E-state index contributed by atoms with van der Waals surface area (Å²) < 4.78 is 8.59. The number of fused-ring (bicyclic) bond motifs is 1. The Balaban J connectivity index is 1.86. The number of carbonyl (C=O) groups excluding carboxylic acids is 2. The van der Waals surface area contributed by atoms with Crippen LogP contribution in [0.4, 0.5) is 0 Å². The van der Waals surface area contributed by atoms with Gasteiger partial charge in [0, 0.05) is 20.9 Å². The van der Waals surface area contributed by atoms with E-state index in [1.54, 1.807) is 24.3 Å². The number of thiophene rings is 2. The highest BCUT2D eigenvalue weighted by molar-refractivity contribution is 7.18. The normalized spacial score (nSPS) is 12.4. The smallest absolute Gasteiger partial charge is 0.201 e. The summed E-state index contributed by atoms with van der Waals surface area (Å²) in [5.74, 6) is -1.56. The number of Topliss-reactive ketones (excluding diaryl/α,β-unsaturated/α-hetero) is 2. The minimum absolute atomic E-state index is 0.167. The number of hydrogen-bond donors (Lipinski definition) is 4. The zero-order valence-electron chi connectivity index (χ0n) is 17.2. The van der Waals surface area contributed by atoms with Gasteiger partial charge in [-0.2, -0.15) is 8.75 Å². The largest absolute Gasteiger partial charge is 0.515 e. The van der Waals surface area contributed by atoms with Crippen LogP contribution in [0.2, 0.25) is 0 Å². The van der Waals surface area contributed by atoms with Crippen molar-refractivity contribution in [3.63, 3.8) is 0 Å². The number of allylic oxidation sites excluding steroid dienone is 2. The lowest BCUT2D eigenvalue weighted by atomic mass is 10.0. The van der Waals surface area contributed by atoms with E-state index < -0.39 is 11.5 Å². The van der Waals surface area contributed by atoms with Crippen LogP contribution in [-0.4, -0.2) is 40.7 Å². The number of aromatic hydroxyl groups is 2. The predicted octanol–water partition coefficient (Wildman–Crippen LogP) is 5.85. The lowest BCUT2D eigenvalue weighted by molar-refractivity contribution is 0.102. The highest BCUT2D eigenvalue weighted by Gasteiger charge is 2.27. The molecular weight excluding hydrogens is 484 g/mol. The first-order chi connectivity index (χ1) is 15.8. The van der Waals surface area contributed by atoms with Crippen molar-refractivity contribution in [2.24, 2.45) is 0 Å². The summed E-state index contributed by atoms with van der Waals surface area (Å²) in [6.07, 6.45) is 1.47. The van der Waals surface area contributed by atoms with Gasteiger partial charge in [0.1, 0.15) is 11.0 Å². The number of hydrogen-bond acceptors (Lipinski definition) is 11. The van der Waals surface area contributed by atoms with Crippen LogP contribution >= 0.6 is 34.4 Å². The molecule has 4 N–H and O–H groups in total. The van der Waals surface area contributed by atoms with E-state index in [2.05, 4.69) is 8.75 Å². The summed E-state index contributed by atoms with van der Waals surface area (Å²) in [5.41, 5.74) is 1.49. The van der Waals surface area contributed by atoms with Gasteiger partial charge in [0.25, 0.3) is 0 Å². The Morgan fingerprint density at radius 3 is 1.52 bits per heavy atom. The first-order valence-electron chi connectivity index (χ1n) is 9.40. The Morgan fingerprint density at radius 2 is 1.15 bits per heavy atom. The second-order valence-electron chi connectivity index (χ2n) is 7.02. The average molecular weight is 501 g/mol. The molecule has 11 heteroatoms. The zero-order chi connectivity index (χ0) is 23.9. The van der Waals surface area contributed by atoms with Crippen molar-refractivity contribution in [3.8, 4) is 32.4 Å². The molecule has 0 aliphatic carbocycles. The van der Waals surface area contributed by atoms with Gasteiger partial charge in [-0.05, 0) is 38.1 Å². The van der Waals surface area contributed by atoms with Crippen LogP contribution in [0.25, 0.3) is 31.9 Å². The maximum Gasteiger partial charge on any atom is 0.201 e. The van der Waals surface area contributed by atoms with Crippen LogP contribution in [0.1, 0.15) is 33.2 Å². The maximum absolute atomic E-state index is 12.4. The monoisotopic (exact) mass is 500 g/mol. The number of ketones is 2. The number of aliphatic hydroxyl groups excluding tert-OH is 2. The second-order valence-corrected chi connectivity index (χ2v) is 9.71. The molecular formula is C22H16N2O6S3. The van der Waals surface area contributed by atoms with Crippen LogP contribution in [0.15, 0.2) is 47.9 Å². The lowest BCUT2D eigenvalue weighted by Gasteiger charge is -2.10. The molecule has 168 valence electrons. The zero-order valence-corrected chi connectivity index (χ0v) is 19.6. The average Bonchev–Trinajstić information content (AvgIpc) is 3.59. The molecule has 0 saturated carbocycles. The van der Waals surface area contributed by atoms with Crippen molar-refractivity contribution in [1.29, 1.82) is 0 Å². The number of benzene rings is 1. The first kappa shape index (κ1) is 22.6. The molecule has 0 fully saturated rings. The van der Waals surface area contributed by atoms with Gasteiger partial charge in [-0.1, -0.05) is 0 Å². The molecule has 4 aromatic rings. The van der Waals surface area contributed by atoms with E-state index in [1.165, 1.54) is 13.8 Å². The van der Waals surface area contributed by atoms with E-state index in [4.69, 9.17) is 10.2 Å². The van der Waals surface area contributed by atoms with Crippen LogP contribution in [0.5, 0.6) is 11.5 Å². The van der Waals surface area contributed by atoms with Gasteiger partial charge in [-0.3, -0.25) is 9.59 Å².